The summed E-state index contributed by atoms with van der Waals surface area (Å²) in [4.78, 5) is 0. The molecule has 0 saturated carbocycles. The topological polar surface area (TPSA) is 20.2 Å². The fourth-order valence-corrected chi connectivity index (χ4v) is 0.875. The number of hydrogen-bond donors (Lipinski definition) is 1. The van der Waals surface area contributed by atoms with Gasteiger partial charge >= 0.3 is 0 Å². The molecule has 0 bridgehead atoms. The quantitative estimate of drug-likeness (QED) is 0.544. The van der Waals surface area contributed by atoms with Crippen LogP contribution in [0.4, 0.5) is 0 Å². The molecule has 10 heavy (non-hydrogen) atoms. The van der Waals surface area contributed by atoms with E-state index < -0.39 is 0 Å². The smallest absolute Gasteiger partial charge is 0.114 e. The second kappa shape index (κ2) is 2.89. The molecular weight excluding hydrogens is 123 g/mol. The Hall–Kier alpha value is -0.755. The molecular formula is C8H9BO. The first-order valence-electron chi connectivity index (χ1n) is 3.20. The van der Waals surface area contributed by atoms with Crippen molar-refractivity contribution in [1.29, 1.82) is 0 Å². The van der Waals surface area contributed by atoms with E-state index in [4.69, 9.17) is 13.0 Å². The van der Waals surface area contributed by atoms with Crippen LogP contribution in [0.2, 0.25) is 0 Å². The van der Waals surface area contributed by atoms with E-state index in [0.29, 0.717) is 0 Å². The SMILES string of the molecule is [B]c1cccc(CO)c1C. The largest absolute Gasteiger partial charge is 0.392 e. The molecule has 2 heteroatoms. The highest BCUT2D eigenvalue weighted by atomic mass is 16.3. The molecule has 0 saturated heterocycles. The summed E-state index contributed by atoms with van der Waals surface area (Å²) in [6, 6.07) is 5.54. The fourth-order valence-electron chi connectivity index (χ4n) is 0.875. The lowest BCUT2D eigenvalue weighted by Gasteiger charge is -2.04. The van der Waals surface area contributed by atoms with E-state index in [1.807, 2.05) is 25.1 Å². The minimum Gasteiger partial charge on any atom is -0.392 e. The second-order valence-electron chi connectivity index (χ2n) is 2.29. The first-order valence-corrected chi connectivity index (χ1v) is 3.20. The van der Waals surface area contributed by atoms with Gasteiger partial charge in [-0.05, 0) is 12.5 Å². The molecule has 0 aliphatic heterocycles. The average molecular weight is 132 g/mol. The van der Waals surface area contributed by atoms with E-state index >= 15 is 0 Å². The van der Waals surface area contributed by atoms with Crippen LogP contribution in [-0.2, 0) is 6.61 Å². The van der Waals surface area contributed by atoms with Gasteiger partial charge in [-0.2, -0.15) is 0 Å². The van der Waals surface area contributed by atoms with Gasteiger partial charge in [0.25, 0.3) is 0 Å². The Morgan fingerprint density at radius 2 is 2.20 bits per heavy atom. The van der Waals surface area contributed by atoms with Crippen LogP contribution < -0.4 is 5.46 Å². The number of aliphatic hydroxyl groups excluding tert-OH is 1. The van der Waals surface area contributed by atoms with Gasteiger partial charge in [0.05, 0.1) is 6.61 Å². The van der Waals surface area contributed by atoms with Gasteiger partial charge < -0.3 is 5.11 Å². The molecule has 0 unspecified atom stereocenters. The normalized spacial score (nSPS) is 9.80. The highest BCUT2D eigenvalue weighted by Gasteiger charge is 1.96. The zero-order chi connectivity index (χ0) is 7.56. The third-order valence-electron chi connectivity index (χ3n) is 1.66. The Balaban J connectivity index is 3.14. The van der Waals surface area contributed by atoms with Gasteiger partial charge in [-0.25, -0.2) is 0 Å². The molecule has 0 fully saturated rings. The highest BCUT2D eigenvalue weighted by Crippen LogP contribution is 2.02. The zero-order valence-electron chi connectivity index (χ0n) is 5.96. The summed E-state index contributed by atoms with van der Waals surface area (Å²) in [6.45, 7) is 1.97. The second-order valence-corrected chi connectivity index (χ2v) is 2.29. The van der Waals surface area contributed by atoms with Crippen LogP contribution in [0.5, 0.6) is 0 Å². The van der Waals surface area contributed by atoms with Crippen molar-refractivity contribution >= 4 is 13.3 Å². The van der Waals surface area contributed by atoms with E-state index in [2.05, 4.69) is 0 Å². The van der Waals surface area contributed by atoms with Gasteiger partial charge in [-0.15, -0.1) is 0 Å². The lowest BCUT2D eigenvalue weighted by Crippen LogP contribution is -2.09. The number of hydrogen-bond acceptors (Lipinski definition) is 1. The number of aliphatic hydroxyl groups is 1. The van der Waals surface area contributed by atoms with Gasteiger partial charge in [0, 0.05) is 0 Å². The van der Waals surface area contributed by atoms with E-state index in [0.717, 1.165) is 16.6 Å². The molecule has 0 spiro atoms. The summed E-state index contributed by atoms with van der Waals surface area (Å²) >= 11 is 0. The van der Waals surface area contributed by atoms with Crippen molar-refractivity contribution < 1.29 is 5.11 Å². The van der Waals surface area contributed by atoms with Gasteiger partial charge in [0.1, 0.15) is 7.85 Å². The molecule has 0 aliphatic rings. The minimum atomic E-state index is 0.0663. The molecule has 1 aromatic rings. The van der Waals surface area contributed by atoms with Crippen molar-refractivity contribution in [2.75, 3.05) is 0 Å². The molecule has 0 aromatic heterocycles. The van der Waals surface area contributed by atoms with Crippen molar-refractivity contribution in [3.8, 4) is 0 Å². The fraction of sp³-hybridized carbons (Fsp3) is 0.250. The van der Waals surface area contributed by atoms with Crippen molar-refractivity contribution in [2.24, 2.45) is 0 Å². The third kappa shape index (κ3) is 1.22. The maximum atomic E-state index is 8.79. The Bertz CT molecular complexity index is 233. The van der Waals surface area contributed by atoms with E-state index in [9.17, 15) is 0 Å². The number of rotatable bonds is 1. The van der Waals surface area contributed by atoms with Crippen molar-refractivity contribution in [3.05, 3.63) is 29.3 Å². The standard InChI is InChI=1S/C8H9BO/c1-6-7(5-10)3-2-4-8(6)9/h2-4,10H,5H2,1H3. The van der Waals surface area contributed by atoms with Gasteiger partial charge in [0.15, 0.2) is 0 Å². The monoisotopic (exact) mass is 132 g/mol. The van der Waals surface area contributed by atoms with Crippen LogP contribution in [0.15, 0.2) is 18.2 Å². The average Bonchev–Trinajstić information content (AvgIpc) is 1.95. The van der Waals surface area contributed by atoms with Crippen molar-refractivity contribution in [2.45, 2.75) is 13.5 Å². The molecule has 0 atom stereocenters. The maximum Gasteiger partial charge on any atom is 0.114 e. The van der Waals surface area contributed by atoms with Crippen molar-refractivity contribution in [1.82, 2.24) is 0 Å². The van der Waals surface area contributed by atoms with Crippen LogP contribution >= 0.6 is 0 Å². The number of benzene rings is 1. The molecule has 1 N–H and O–H groups in total. The Labute approximate surface area is 62.1 Å². The highest BCUT2D eigenvalue weighted by molar-refractivity contribution is 6.33. The molecule has 0 amide bonds. The predicted octanol–water partition coefficient (Wildman–Crippen LogP) is 0.281. The molecule has 0 heterocycles. The van der Waals surface area contributed by atoms with E-state index in [-0.39, 0.29) is 6.61 Å². The van der Waals surface area contributed by atoms with Crippen LogP contribution in [0, 0.1) is 6.92 Å². The predicted molar refractivity (Wildman–Crippen MR) is 42.5 cm³/mol. The molecule has 1 aromatic carbocycles. The van der Waals surface area contributed by atoms with E-state index in [1.165, 1.54) is 0 Å². The minimum absolute atomic E-state index is 0.0663. The summed E-state index contributed by atoms with van der Waals surface area (Å²) in [7, 11) is 5.59. The van der Waals surface area contributed by atoms with E-state index in [1.54, 1.807) is 0 Å². The molecule has 1 nitrogen and oxygen atoms in total. The third-order valence-corrected chi connectivity index (χ3v) is 1.66. The first-order chi connectivity index (χ1) is 4.75. The summed E-state index contributed by atoms with van der Waals surface area (Å²) in [5.74, 6) is 0. The van der Waals surface area contributed by atoms with Crippen LogP contribution in [0.25, 0.3) is 0 Å². The summed E-state index contributed by atoms with van der Waals surface area (Å²) < 4.78 is 0. The lowest BCUT2D eigenvalue weighted by atomic mass is 9.89. The first kappa shape index (κ1) is 7.35. The molecule has 50 valence electrons. The molecule has 0 aliphatic carbocycles. The Morgan fingerprint density at radius 1 is 1.50 bits per heavy atom. The van der Waals surface area contributed by atoms with Crippen LogP contribution in [0.3, 0.4) is 0 Å². The zero-order valence-corrected chi connectivity index (χ0v) is 5.96. The summed E-state index contributed by atoms with van der Waals surface area (Å²) in [6.07, 6.45) is 0. The molecule has 1 rings (SSSR count). The summed E-state index contributed by atoms with van der Waals surface area (Å²) in [5, 5.41) is 8.79. The maximum absolute atomic E-state index is 8.79. The van der Waals surface area contributed by atoms with Gasteiger partial charge in [0.2, 0.25) is 0 Å². The van der Waals surface area contributed by atoms with Crippen LogP contribution in [0.1, 0.15) is 11.1 Å². The summed E-state index contributed by atoms with van der Waals surface area (Å²) in [5.41, 5.74) is 2.62. The molecule has 2 radical (unpaired) electrons. The lowest BCUT2D eigenvalue weighted by molar-refractivity contribution is 0.281. The van der Waals surface area contributed by atoms with Crippen LogP contribution in [-0.4, -0.2) is 13.0 Å². The van der Waals surface area contributed by atoms with Gasteiger partial charge in [-0.3, -0.25) is 0 Å². The van der Waals surface area contributed by atoms with Gasteiger partial charge in [-0.1, -0.05) is 29.2 Å². The Morgan fingerprint density at radius 3 is 2.70 bits per heavy atom. The van der Waals surface area contributed by atoms with Crippen molar-refractivity contribution in [3.63, 3.8) is 0 Å². The Kier molecular flexibility index (Phi) is 2.12.